The number of rotatable bonds is 6. The first-order chi connectivity index (χ1) is 29.0. The standard InChI is InChI=1S/C50H25N9/c51-26-31-17-32(27-52)20-39(19-31)37-11-15-46-44(24-37)45-25-38(40-21-33(28-53)18-34(22-40)29-54)12-16-47(45)59(46)42-13-14-43(41(23-42)30-55)50-57-48(35-7-3-1-4-8-35)56-49(58-50)36-9-5-2-6-10-36/h1-25H. The highest BCUT2D eigenvalue weighted by molar-refractivity contribution is 6.11. The molecule has 9 heteroatoms. The minimum absolute atomic E-state index is 0.365. The zero-order valence-corrected chi connectivity index (χ0v) is 31.0. The molecular formula is C50H25N9. The van der Waals surface area contributed by atoms with E-state index in [1.54, 1.807) is 36.4 Å². The second-order valence-corrected chi connectivity index (χ2v) is 13.7. The molecule has 0 saturated carbocycles. The molecule has 9 nitrogen and oxygen atoms in total. The van der Waals surface area contributed by atoms with Crippen molar-refractivity contribution in [2.75, 3.05) is 0 Å². The summed E-state index contributed by atoms with van der Waals surface area (Å²) in [6.07, 6.45) is 0. The SMILES string of the molecule is N#Cc1cc(C#N)cc(-c2ccc3c(c2)c2cc(-c4cc(C#N)cc(C#N)c4)ccc2n3-c2ccc(-c3nc(-c4ccccc4)nc(-c4ccccc4)n3)c(C#N)c2)c1. The first-order valence-electron chi connectivity index (χ1n) is 18.4. The molecule has 0 aliphatic heterocycles. The molecule has 0 unspecified atom stereocenters. The van der Waals surface area contributed by atoms with Crippen LogP contribution in [0, 0.1) is 56.7 Å². The summed E-state index contributed by atoms with van der Waals surface area (Å²) in [4.78, 5) is 14.5. The van der Waals surface area contributed by atoms with E-state index in [4.69, 9.17) is 15.0 Å². The van der Waals surface area contributed by atoms with E-state index in [-0.39, 0.29) is 0 Å². The normalized spacial score (nSPS) is 10.6. The number of fused-ring (bicyclic) bond motifs is 3. The molecule has 9 rings (SSSR count). The van der Waals surface area contributed by atoms with Gasteiger partial charge in [0.1, 0.15) is 0 Å². The molecule has 0 aliphatic carbocycles. The van der Waals surface area contributed by atoms with Crippen LogP contribution in [0.15, 0.2) is 152 Å². The third kappa shape index (κ3) is 6.54. The molecule has 2 heterocycles. The lowest BCUT2D eigenvalue weighted by molar-refractivity contribution is 1.07. The molecule has 0 spiro atoms. The maximum absolute atomic E-state index is 10.7. The van der Waals surface area contributed by atoms with E-state index < -0.39 is 0 Å². The zero-order chi connectivity index (χ0) is 40.5. The number of aromatic nitrogens is 4. The summed E-state index contributed by atoms with van der Waals surface area (Å²) < 4.78 is 2.08. The van der Waals surface area contributed by atoms with Gasteiger partial charge < -0.3 is 4.57 Å². The van der Waals surface area contributed by atoms with Crippen LogP contribution < -0.4 is 0 Å². The quantitative estimate of drug-likeness (QED) is 0.162. The lowest BCUT2D eigenvalue weighted by Crippen LogP contribution is -2.02. The Bertz CT molecular complexity index is 3130. The van der Waals surface area contributed by atoms with Crippen molar-refractivity contribution in [3.8, 4) is 92.5 Å². The number of benzene rings is 7. The van der Waals surface area contributed by atoms with Crippen LogP contribution in [-0.2, 0) is 0 Å². The fourth-order valence-corrected chi connectivity index (χ4v) is 7.40. The van der Waals surface area contributed by atoms with E-state index in [9.17, 15) is 26.3 Å². The van der Waals surface area contributed by atoms with Crippen molar-refractivity contribution in [2.24, 2.45) is 0 Å². The summed E-state index contributed by atoms with van der Waals surface area (Å²) in [5.41, 5.74) is 9.53. The second-order valence-electron chi connectivity index (χ2n) is 13.7. The van der Waals surface area contributed by atoms with Gasteiger partial charge in [0.15, 0.2) is 17.5 Å². The molecular weight excluding hydrogens is 727 g/mol. The Hall–Kier alpha value is -9.20. The van der Waals surface area contributed by atoms with Crippen LogP contribution in [0.1, 0.15) is 27.8 Å². The smallest absolute Gasteiger partial charge is 0.165 e. The van der Waals surface area contributed by atoms with Gasteiger partial charge in [0, 0.05) is 33.2 Å². The van der Waals surface area contributed by atoms with Crippen molar-refractivity contribution < 1.29 is 0 Å². The van der Waals surface area contributed by atoms with E-state index in [0.29, 0.717) is 50.9 Å². The van der Waals surface area contributed by atoms with Crippen LogP contribution in [0.5, 0.6) is 0 Å². The van der Waals surface area contributed by atoms with Gasteiger partial charge in [-0.25, -0.2) is 15.0 Å². The molecule has 9 aromatic rings. The summed E-state index contributed by atoms with van der Waals surface area (Å²) in [5.74, 6) is 1.34. The first kappa shape index (κ1) is 35.5. The molecule has 0 bridgehead atoms. The van der Waals surface area contributed by atoms with Crippen LogP contribution in [0.3, 0.4) is 0 Å². The van der Waals surface area contributed by atoms with Gasteiger partial charge in [-0.1, -0.05) is 72.8 Å². The Morgan fingerprint density at radius 3 is 1.22 bits per heavy atom. The molecule has 0 atom stereocenters. The molecule has 7 aromatic carbocycles. The number of nitriles is 5. The van der Waals surface area contributed by atoms with E-state index in [0.717, 1.165) is 60.9 Å². The van der Waals surface area contributed by atoms with Crippen molar-refractivity contribution >= 4 is 21.8 Å². The maximum atomic E-state index is 10.7. The van der Waals surface area contributed by atoms with Crippen molar-refractivity contribution in [1.29, 1.82) is 26.3 Å². The Kier molecular flexibility index (Phi) is 8.90. The Morgan fingerprint density at radius 2 is 0.797 bits per heavy atom. The van der Waals surface area contributed by atoms with Crippen molar-refractivity contribution in [1.82, 2.24) is 19.5 Å². The minimum Gasteiger partial charge on any atom is -0.309 e. The first-order valence-corrected chi connectivity index (χ1v) is 18.4. The molecule has 0 radical (unpaired) electrons. The van der Waals surface area contributed by atoms with Gasteiger partial charge in [0.05, 0.1) is 69.2 Å². The van der Waals surface area contributed by atoms with Crippen molar-refractivity contribution in [3.05, 3.63) is 179 Å². The summed E-state index contributed by atoms with van der Waals surface area (Å²) in [7, 11) is 0. The lowest BCUT2D eigenvalue weighted by Gasteiger charge is -2.12. The fraction of sp³-hybridized carbons (Fsp3) is 0. The van der Waals surface area contributed by atoms with Gasteiger partial charge in [-0.2, -0.15) is 26.3 Å². The molecule has 59 heavy (non-hydrogen) atoms. The monoisotopic (exact) mass is 751 g/mol. The van der Waals surface area contributed by atoms with E-state index >= 15 is 0 Å². The average Bonchev–Trinajstić information content (AvgIpc) is 3.64. The largest absolute Gasteiger partial charge is 0.309 e. The van der Waals surface area contributed by atoms with E-state index in [1.165, 1.54) is 0 Å². The highest BCUT2D eigenvalue weighted by Crippen LogP contribution is 2.39. The van der Waals surface area contributed by atoms with Crippen LogP contribution in [0.2, 0.25) is 0 Å². The highest BCUT2D eigenvalue weighted by Gasteiger charge is 2.19. The number of hydrogen-bond donors (Lipinski definition) is 0. The van der Waals surface area contributed by atoms with Gasteiger partial charge in [-0.15, -0.1) is 0 Å². The molecule has 0 amide bonds. The van der Waals surface area contributed by atoms with Gasteiger partial charge in [-0.05, 0) is 101 Å². The molecule has 270 valence electrons. The van der Waals surface area contributed by atoms with Crippen LogP contribution in [-0.4, -0.2) is 19.5 Å². The summed E-state index contributed by atoms with van der Waals surface area (Å²) in [6.45, 7) is 0. The zero-order valence-electron chi connectivity index (χ0n) is 31.0. The highest BCUT2D eigenvalue weighted by atomic mass is 15.0. The molecule has 0 N–H and O–H groups in total. The predicted octanol–water partition coefficient (Wildman–Crippen LogP) is 10.7. The Balaban J connectivity index is 1.25. The van der Waals surface area contributed by atoms with Crippen LogP contribution in [0.4, 0.5) is 0 Å². The second kappa shape index (κ2) is 14.8. The maximum Gasteiger partial charge on any atom is 0.165 e. The third-order valence-electron chi connectivity index (χ3n) is 10.1. The summed E-state index contributed by atoms with van der Waals surface area (Å²) in [5, 5.41) is 51.3. The third-order valence-corrected chi connectivity index (χ3v) is 10.1. The minimum atomic E-state index is 0.365. The molecule has 0 saturated heterocycles. The number of nitrogens with zero attached hydrogens (tertiary/aromatic N) is 9. The average molecular weight is 752 g/mol. The van der Waals surface area contributed by atoms with E-state index in [1.807, 2.05) is 115 Å². The predicted molar refractivity (Wildman–Crippen MR) is 225 cm³/mol. The van der Waals surface area contributed by atoms with Gasteiger partial charge in [0.25, 0.3) is 0 Å². The van der Waals surface area contributed by atoms with Crippen LogP contribution in [0.25, 0.3) is 83.9 Å². The summed E-state index contributed by atoms with van der Waals surface area (Å²) in [6, 6.07) is 58.1. The van der Waals surface area contributed by atoms with Crippen molar-refractivity contribution in [3.63, 3.8) is 0 Å². The van der Waals surface area contributed by atoms with Gasteiger partial charge >= 0.3 is 0 Å². The van der Waals surface area contributed by atoms with Gasteiger partial charge in [-0.3, -0.25) is 0 Å². The van der Waals surface area contributed by atoms with Crippen molar-refractivity contribution in [2.45, 2.75) is 0 Å². The molecule has 0 aliphatic rings. The fourth-order valence-electron chi connectivity index (χ4n) is 7.40. The Labute approximate surface area is 338 Å². The van der Waals surface area contributed by atoms with E-state index in [2.05, 4.69) is 34.9 Å². The summed E-state index contributed by atoms with van der Waals surface area (Å²) >= 11 is 0. The number of hydrogen-bond acceptors (Lipinski definition) is 8. The Morgan fingerprint density at radius 1 is 0.356 bits per heavy atom. The topological polar surface area (TPSA) is 163 Å². The lowest BCUT2D eigenvalue weighted by atomic mass is 9.97. The molecule has 2 aromatic heterocycles. The van der Waals surface area contributed by atoms with Gasteiger partial charge in [0.2, 0.25) is 0 Å². The molecule has 0 fully saturated rings. The van der Waals surface area contributed by atoms with Crippen LogP contribution >= 0.6 is 0 Å².